The Morgan fingerprint density at radius 3 is 1.50 bits per heavy atom. The zero-order valence-corrected chi connectivity index (χ0v) is 21.0. The van der Waals surface area contributed by atoms with Crippen LogP contribution in [0.1, 0.15) is 21.9 Å². The van der Waals surface area contributed by atoms with Crippen LogP contribution in [0.5, 0.6) is 11.5 Å². The smallest absolute Gasteiger partial charge is 0.233 e. The van der Waals surface area contributed by atoms with E-state index in [1.165, 1.54) is 23.5 Å². The first-order valence-corrected chi connectivity index (χ1v) is 13.9. The van der Waals surface area contributed by atoms with Crippen LogP contribution < -0.4 is 0 Å². The van der Waals surface area contributed by atoms with E-state index in [4.69, 9.17) is 0 Å². The van der Waals surface area contributed by atoms with E-state index in [0.717, 1.165) is 32.7 Å². The van der Waals surface area contributed by atoms with Gasteiger partial charge in [0.05, 0.1) is 11.5 Å². The van der Waals surface area contributed by atoms with Gasteiger partial charge in [0, 0.05) is 24.2 Å². The highest BCUT2D eigenvalue weighted by molar-refractivity contribution is 8.00. The van der Waals surface area contributed by atoms with Gasteiger partial charge in [-0.05, 0) is 33.7 Å². The minimum Gasteiger partial charge on any atom is -0.508 e. The van der Waals surface area contributed by atoms with Gasteiger partial charge in [-0.3, -0.25) is 9.59 Å². The van der Waals surface area contributed by atoms with E-state index in [1.54, 1.807) is 21.9 Å². The van der Waals surface area contributed by atoms with Crippen LogP contribution in [-0.2, 0) is 9.59 Å². The Labute approximate surface area is 216 Å². The third-order valence-electron chi connectivity index (χ3n) is 6.91. The number of aromatic hydroxyl groups is 2. The summed E-state index contributed by atoms with van der Waals surface area (Å²) in [5.74, 6) is 0.949. The molecule has 0 saturated carbocycles. The first-order valence-electron chi connectivity index (χ1n) is 11.8. The summed E-state index contributed by atoms with van der Waals surface area (Å²) >= 11 is 2.99. The monoisotopic (exact) mass is 516 g/mol. The number of phenolic OH excluding ortho intramolecular Hbond substituents is 2. The van der Waals surface area contributed by atoms with Crippen LogP contribution in [-0.4, -0.2) is 56.4 Å². The fourth-order valence-corrected chi connectivity index (χ4v) is 7.74. The highest BCUT2D eigenvalue weighted by atomic mass is 32.2. The number of hydrogen-bond donors (Lipinski definition) is 2. The quantitative estimate of drug-likeness (QED) is 0.377. The number of rotatable bonds is 5. The van der Waals surface area contributed by atoms with Crippen molar-refractivity contribution in [2.45, 2.75) is 10.7 Å². The molecular formula is C28H24N2O4S2. The molecule has 2 atom stereocenters. The first-order chi connectivity index (χ1) is 17.5. The van der Waals surface area contributed by atoms with Crippen molar-refractivity contribution in [3.05, 3.63) is 83.9 Å². The molecule has 0 radical (unpaired) electrons. The van der Waals surface area contributed by atoms with E-state index in [-0.39, 0.29) is 34.1 Å². The van der Waals surface area contributed by atoms with Crippen molar-refractivity contribution >= 4 is 56.9 Å². The van der Waals surface area contributed by atoms with Gasteiger partial charge in [-0.1, -0.05) is 60.7 Å². The van der Waals surface area contributed by atoms with Crippen molar-refractivity contribution in [2.24, 2.45) is 0 Å². The molecule has 2 heterocycles. The molecule has 4 aromatic rings. The molecule has 0 aromatic heterocycles. The van der Waals surface area contributed by atoms with Gasteiger partial charge >= 0.3 is 0 Å². The molecule has 2 aliphatic heterocycles. The Bertz CT molecular complexity index is 1390. The minimum absolute atomic E-state index is 0.0128. The second-order valence-electron chi connectivity index (χ2n) is 8.94. The molecule has 6 nitrogen and oxygen atoms in total. The third kappa shape index (κ3) is 3.85. The maximum Gasteiger partial charge on any atom is 0.233 e. The lowest BCUT2D eigenvalue weighted by Crippen LogP contribution is -2.39. The molecule has 182 valence electrons. The fraction of sp³-hybridized carbons (Fsp3) is 0.214. The number of fused-ring (bicyclic) bond motifs is 2. The van der Waals surface area contributed by atoms with Crippen LogP contribution >= 0.6 is 23.5 Å². The highest BCUT2D eigenvalue weighted by Crippen LogP contribution is 2.47. The number of thioether (sulfide) groups is 2. The summed E-state index contributed by atoms with van der Waals surface area (Å²) in [6, 6.07) is 22.8. The topological polar surface area (TPSA) is 81.1 Å². The van der Waals surface area contributed by atoms with Gasteiger partial charge < -0.3 is 20.0 Å². The molecule has 2 unspecified atom stereocenters. The summed E-state index contributed by atoms with van der Waals surface area (Å²) in [6.45, 7) is 0.682. The first kappa shape index (κ1) is 23.1. The molecule has 0 aliphatic carbocycles. The summed E-state index contributed by atoms with van der Waals surface area (Å²) in [5.41, 5.74) is 1.46. The SMILES string of the molecule is O=C1CSC(c2c(O)ccc3ccccc23)N1CCN1C(=O)CSC1c1c(O)ccc2ccccc12. The Balaban J connectivity index is 1.31. The van der Waals surface area contributed by atoms with Crippen LogP contribution in [0.25, 0.3) is 21.5 Å². The molecule has 2 fully saturated rings. The molecule has 2 aliphatic rings. The number of hydrogen-bond acceptors (Lipinski definition) is 6. The van der Waals surface area contributed by atoms with E-state index in [1.807, 2.05) is 60.7 Å². The van der Waals surface area contributed by atoms with Gasteiger partial charge in [-0.15, -0.1) is 23.5 Å². The van der Waals surface area contributed by atoms with Gasteiger partial charge in [0.1, 0.15) is 22.2 Å². The number of carbonyl (C=O) groups is 2. The number of amides is 2. The number of phenols is 2. The van der Waals surface area contributed by atoms with Crippen molar-refractivity contribution in [1.82, 2.24) is 9.80 Å². The molecule has 2 N–H and O–H groups in total. The van der Waals surface area contributed by atoms with Crippen molar-refractivity contribution < 1.29 is 19.8 Å². The lowest BCUT2D eigenvalue weighted by Gasteiger charge is -2.30. The molecular weight excluding hydrogens is 492 g/mol. The zero-order chi connectivity index (χ0) is 24.8. The maximum absolute atomic E-state index is 12.9. The molecule has 2 amide bonds. The predicted octanol–water partition coefficient (Wildman–Crippen LogP) is 5.25. The van der Waals surface area contributed by atoms with Gasteiger partial charge in [0.25, 0.3) is 0 Å². The zero-order valence-electron chi connectivity index (χ0n) is 19.3. The Morgan fingerprint density at radius 2 is 1.06 bits per heavy atom. The number of nitrogens with zero attached hydrogens (tertiary/aromatic N) is 2. The third-order valence-corrected chi connectivity index (χ3v) is 9.35. The van der Waals surface area contributed by atoms with Crippen molar-refractivity contribution in [1.29, 1.82) is 0 Å². The van der Waals surface area contributed by atoms with Crippen molar-refractivity contribution in [2.75, 3.05) is 24.6 Å². The summed E-state index contributed by atoms with van der Waals surface area (Å²) < 4.78 is 0. The molecule has 6 rings (SSSR count). The van der Waals surface area contributed by atoms with Crippen LogP contribution in [0.4, 0.5) is 0 Å². The molecule has 2 saturated heterocycles. The fourth-order valence-electron chi connectivity index (χ4n) is 5.17. The summed E-state index contributed by atoms with van der Waals surface area (Å²) in [5, 5.41) is 24.7. The lowest BCUT2D eigenvalue weighted by molar-refractivity contribution is -0.132. The van der Waals surface area contributed by atoms with Crippen LogP contribution in [0, 0.1) is 0 Å². The molecule has 8 heteroatoms. The van der Waals surface area contributed by atoms with E-state index in [2.05, 4.69) is 0 Å². The largest absolute Gasteiger partial charge is 0.508 e. The van der Waals surface area contributed by atoms with Crippen molar-refractivity contribution in [3.8, 4) is 11.5 Å². The van der Waals surface area contributed by atoms with Crippen LogP contribution in [0.3, 0.4) is 0 Å². The summed E-state index contributed by atoms with van der Waals surface area (Å²) in [7, 11) is 0. The van der Waals surface area contributed by atoms with E-state index < -0.39 is 0 Å². The minimum atomic E-state index is -0.335. The summed E-state index contributed by atoms with van der Waals surface area (Å²) in [6.07, 6.45) is 0. The second kappa shape index (κ2) is 9.26. The van der Waals surface area contributed by atoms with Crippen LogP contribution in [0.15, 0.2) is 72.8 Å². The van der Waals surface area contributed by atoms with Gasteiger partial charge in [-0.2, -0.15) is 0 Å². The van der Waals surface area contributed by atoms with Crippen molar-refractivity contribution in [3.63, 3.8) is 0 Å². The number of benzene rings is 4. The Kier molecular flexibility index (Phi) is 5.93. The van der Waals surface area contributed by atoms with Gasteiger partial charge in [0.15, 0.2) is 0 Å². The molecule has 4 aromatic carbocycles. The number of carbonyl (C=O) groups excluding carboxylic acids is 2. The summed E-state index contributed by atoms with van der Waals surface area (Å²) in [4.78, 5) is 29.4. The van der Waals surface area contributed by atoms with Crippen LogP contribution in [0.2, 0.25) is 0 Å². The van der Waals surface area contributed by atoms with E-state index >= 15 is 0 Å². The maximum atomic E-state index is 12.9. The average Bonchev–Trinajstić information content (AvgIpc) is 3.44. The Morgan fingerprint density at radius 1 is 0.639 bits per heavy atom. The highest BCUT2D eigenvalue weighted by Gasteiger charge is 2.39. The van der Waals surface area contributed by atoms with Gasteiger partial charge in [-0.25, -0.2) is 0 Å². The van der Waals surface area contributed by atoms with E-state index in [9.17, 15) is 19.8 Å². The van der Waals surface area contributed by atoms with Gasteiger partial charge in [0.2, 0.25) is 11.8 Å². The second-order valence-corrected chi connectivity index (χ2v) is 11.1. The molecule has 0 bridgehead atoms. The Hall–Kier alpha value is -3.36. The molecule has 0 spiro atoms. The average molecular weight is 517 g/mol. The predicted molar refractivity (Wildman–Crippen MR) is 145 cm³/mol. The normalized spacial score (nSPS) is 20.2. The lowest BCUT2D eigenvalue weighted by atomic mass is 10.0. The standard InChI is InChI=1S/C28H24N2O4S2/c31-21-11-9-17-5-1-3-7-19(17)25(21)27-29(23(33)15-35-27)13-14-30-24(34)16-36-28(30)26-20-8-4-2-6-18(20)10-12-22(26)32/h1-12,27-28,31-32H,13-16H2. The van der Waals surface area contributed by atoms with E-state index in [0.29, 0.717) is 24.6 Å². The molecule has 36 heavy (non-hydrogen) atoms.